The summed E-state index contributed by atoms with van der Waals surface area (Å²) >= 11 is 6.40. The zero-order valence-corrected chi connectivity index (χ0v) is 14.9. The molecule has 0 atom stereocenters. The molecule has 132 valence electrons. The van der Waals surface area contributed by atoms with Gasteiger partial charge in [-0.1, -0.05) is 48.2 Å². The maximum atomic E-state index is 12.6. The number of hydrogen-bond acceptors (Lipinski definition) is 7. The van der Waals surface area contributed by atoms with E-state index < -0.39 is 4.92 Å². The van der Waals surface area contributed by atoms with Crippen LogP contribution in [0.15, 0.2) is 53.4 Å². The Morgan fingerprint density at radius 3 is 2.62 bits per heavy atom. The number of rotatable bonds is 5. The number of nitrogens with zero attached hydrogens (tertiary/aromatic N) is 2. The Morgan fingerprint density at radius 2 is 1.92 bits per heavy atom. The SMILES string of the molecule is O=C1/C(=C\c2ccc(O)cc2)SC(=S)N1CNc1ccccc1[N+](=O)[O-]. The van der Waals surface area contributed by atoms with Crippen molar-refractivity contribution < 1.29 is 14.8 Å². The third kappa shape index (κ3) is 3.84. The van der Waals surface area contributed by atoms with Gasteiger partial charge in [0.25, 0.3) is 11.6 Å². The van der Waals surface area contributed by atoms with E-state index in [2.05, 4.69) is 5.32 Å². The van der Waals surface area contributed by atoms with E-state index in [0.29, 0.717) is 14.9 Å². The Bertz CT molecular complexity index is 912. The van der Waals surface area contributed by atoms with Crippen molar-refractivity contribution in [2.24, 2.45) is 0 Å². The summed E-state index contributed by atoms with van der Waals surface area (Å²) < 4.78 is 0.367. The van der Waals surface area contributed by atoms with E-state index in [0.717, 1.165) is 17.3 Å². The van der Waals surface area contributed by atoms with Crippen LogP contribution in [0.25, 0.3) is 6.08 Å². The van der Waals surface area contributed by atoms with Crippen molar-refractivity contribution in [1.82, 2.24) is 4.90 Å². The molecule has 2 aromatic rings. The Balaban J connectivity index is 1.74. The van der Waals surface area contributed by atoms with Gasteiger partial charge in [0.05, 0.1) is 16.5 Å². The molecule has 0 saturated carbocycles. The lowest BCUT2D eigenvalue weighted by molar-refractivity contribution is -0.384. The molecule has 0 aromatic heterocycles. The van der Waals surface area contributed by atoms with Gasteiger partial charge in [-0.2, -0.15) is 0 Å². The first kappa shape index (κ1) is 17.9. The van der Waals surface area contributed by atoms with Gasteiger partial charge in [-0.3, -0.25) is 19.8 Å². The van der Waals surface area contributed by atoms with Gasteiger partial charge in [-0.15, -0.1) is 0 Å². The second-order valence-electron chi connectivity index (χ2n) is 5.31. The number of nitro benzene ring substituents is 1. The molecule has 1 amide bonds. The largest absolute Gasteiger partial charge is 0.508 e. The molecule has 3 rings (SSSR count). The highest BCUT2D eigenvalue weighted by Crippen LogP contribution is 2.33. The highest BCUT2D eigenvalue weighted by atomic mass is 32.2. The molecule has 0 radical (unpaired) electrons. The second-order valence-corrected chi connectivity index (χ2v) is 6.99. The number of para-hydroxylation sites is 2. The topological polar surface area (TPSA) is 95.7 Å². The Hall–Kier alpha value is -2.91. The minimum absolute atomic E-state index is 0.0302. The zero-order valence-electron chi connectivity index (χ0n) is 13.3. The van der Waals surface area contributed by atoms with Crippen LogP contribution in [0.5, 0.6) is 5.75 Å². The highest BCUT2D eigenvalue weighted by molar-refractivity contribution is 8.26. The van der Waals surface area contributed by atoms with Crippen LogP contribution in [-0.2, 0) is 4.79 Å². The average Bonchev–Trinajstić information content (AvgIpc) is 2.88. The van der Waals surface area contributed by atoms with Crippen LogP contribution in [0.3, 0.4) is 0 Å². The van der Waals surface area contributed by atoms with Crippen LogP contribution in [0.1, 0.15) is 5.56 Å². The number of benzene rings is 2. The number of carbonyl (C=O) groups excluding carboxylic acids is 1. The summed E-state index contributed by atoms with van der Waals surface area (Å²) in [6, 6.07) is 12.6. The highest BCUT2D eigenvalue weighted by Gasteiger charge is 2.32. The fraction of sp³-hybridized carbons (Fsp3) is 0.0588. The smallest absolute Gasteiger partial charge is 0.292 e. The number of aromatic hydroxyl groups is 1. The number of phenols is 1. The molecule has 9 heteroatoms. The fourth-order valence-corrected chi connectivity index (χ4v) is 3.56. The molecule has 0 bridgehead atoms. The van der Waals surface area contributed by atoms with Crippen LogP contribution in [0.2, 0.25) is 0 Å². The van der Waals surface area contributed by atoms with Crippen LogP contribution in [0.4, 0.5) is 11.4 Å². The molecule has 2 aromatic carbocycles. The molecule has 1 aliphatic rings. The van der Waals surface area contributed by atoms with Gasteiger partial charge < -0.3 is 10.4 Å². The lowest BCUT2D eigenvalue weighted by atomic mass is 10.2. The first-order valence-corrected chi connectivity index (χ1v) is 8.70. The summed E-state index contributed by atoms with van der Waals surface area (Å²) in [5.41, 5.74) is 1.00. The zero-order chi connectivity index (χ0) is 18.7. The molecular weight excluding hydrogens is 374 g/mol. The van der Waals surface area contributed by atoms with Crippen molar-refractivity contribution in [3.05, 3.63) is 69.1 Å². The van der Waals surface area contributed by atoms with Crippen molar-refractivity contribution in [3.63, 3.8) is 0 Å². The van der Waals surface area contributed by atoms with Crippen molar-refractivity contribution in [2.45, 2.75) is 0 Å². The Labute approximate surface area is 158 Å². The first-order valence-electron chi connectivity index (χ1n) is 7.47. The van der Waals surface area contributed by atoms with Gasteiger partial charge in [0.15, 0.2) is 0 Å². The summed E-state index contributed by atoms with van der Waals surface area (Å²) in [5, 5.41) is 23.3. The molecule has 2 N–H and O–H groups in total. The van der Waals surface area contributed by atoms with Gasteiger partial charge in [-0.25, -0.2) is 0 Å². The maximum Gasteiger partial charge on any atom is 0.292 e. The molecule has 0 spiro atoms. The number of nitrogens with one attached hydrogen (secondary N) is 1. The molecule has 0 aliphatic carbocycles. The molecule has 1 heterocycles. The van der Waals surface area contributed by atoms with E-state index in [9.17, 15) is 20.0 Å². The van der Waals surface area contributed by atoms with E-state index in [1.807, 2.05) is 0 Å². The molecule has 26 heavy (non-hydrogen) atoms. The predicted molar refractivity (Wildman–Crippen MR) is 105 cm³/mol. The average molecular weight is 387 g/mol. The number of phenolic OH excluding ortho intramolecular Hbond substituents is 1. The summed E-state index contributed by atoms with van der Waals surface area (Å²) in [6.45, 7) is 0.0302. The minimum atomic E-state index is -0.489. The van der Waals surface area contributed by atoms with E-state index in [4.69, 9.17) is 12.2 Å². The standard InChI is InChI=1S/C17H13N3O4S2/c21-12-7-5-11(6-8-12)9-15-16(22)19(17(25)26-15)10-18-13-3-1-2-4-14(13)20(23)24/h1-9,18,21H,10H2/b15-9+. The summed E-state index contributed by atoms with van der Waals surface area (Å²) in [5.74, 6) is -0.137. The minimum Gasteiger partial charge on any atom is -0.508 e. The number of amides is 1. The number of carbonyl (C=O) groups is 1. The van der Waals surface area contributed by atoms with Gasteiger partial charge in [0, 0.05) is 6.07 Å². The molecule has 1 fully saturated rings. The lowest BCUT2D eigenvalue weighted by Gasteiger charge is -2.16. The Morgan fingerprint density at radius 1 is 1.23 bits per heavy atom. The summed E-state index contributed by atoms with van der Waals surface area (Å²) in [7, 11) is 0. The number of thioether (sulfide) groups is 1. The lowest BCUT2D eigenvalue weighted by Crippen LogP contribution is -2.33. The first-order chi connectivity index (χ1) is 12.5. The number of anilines is 1. The summed E-state index contributed by atoms with van der Waals surface area (Å²) in [4.78, 5) is 24.9. The predicted octanol–water partition coefficient (Wildman–Crippen LogP) is 3.57. The van der Waals surface area contributed by atoms with Gasteiger partial charge in [0.2, 0.25) is 0 Å². The third-order valence-corrected chi connectivity index (χ3v) is 4.97. The number of thiocarbonyl (C=S) groups is 1. The second kappa shape index (κ2) is 7.54. The van der Waals surface area contributed by atoms with E-state index in [-0.39, 0.29) is 24.0 Å². The normalized spacial score (nSPS) is 15.5. The van der Waals surface area contributed by atoms with Gasteiger partial charge in [0.1, 0.15) is 15.8 Å². The van der Waals surface area contributed by atoms with Crippen molar-refractivity contribution in [1.29, 1.82) is 0 Å². The molecule has 0 unspecified atom stereocenters. The number of hydrogen-bond donors (Lipinski definition) is 2. The van der Waals surface area contributed by atoms with Crippen molar-refractivity contribution in [2.75, 3.05) is 12.0 Å². The van der Waals surface area contributed by atoms with E-state index in [1.165, 1.54) is 23.1 Å². The summed E-state index contributed by atoms with van der Waals surface area (Å²) in [6.07, 6.45) is 1.68. The fourth-order valence-electron chi connectivity index (χ4n) is 2.30. The van der Waals surface area contributed by atoms with Crippen LogP contribution >= 0.6 is 24.0 Å². The van der Waals surface area contributed by atoms with Crippen molar-refractivity contribution >= 4 is 51.7 Å². The molecule has 7 nitrogen and oxygen atoms in total. The van der Waals surface area contributed by atoms with Crippen LogP contribution in [-0.4, -0.2) is 31.8 Å². The van der Waals surface area contributed by atoms with E-state index in [1.54, 1.807) is 36.4 Å². The number of nitro groups is 1. The molecular formula is C17H13N3O4S2. The van der Waals surface area contributed by atoms with Crippen LogP contribution < -0.4 is 5.32 Å². The molecule has 1 aliphatic heterocycles. The quantitative estimate of drug-likeness (QED) is 0.350. The monoisotopic (exact) mass is 387 g/mol. The van der Waals surface area contributed by atoms with Crippen LogP contribution in [0, 0.1) is 10.1 Å². The Kier molecular flexibility index (Phi) is 5.19. The third-order valence-electron chi connectivity index (χ3n) is 3.59. The maximum absolute atomic E-state index is 12.6. The molecule has 1 saturated heterocycles. The van der Waals surface area contributed by atoms with E-state index >= 15 is 0 Å². The van der Waals surface area contributed by atoms with Crippen molar-refractivity contribution in [3.8, 4) is 5.75 Å². The van der Waals surface area contributed by atoms with Gasteiger partial charge in [-0.05, 0) is 29.8 Å². The van der Waals surface area contributed by atoms with Gasteiger partial charge >= 0.3 is 0 Å².